The van der Waals surface area contributed by atoms with Crippen LogP contribution in [0.3, 0.4) is 0 Å². The molecule has 0 bridgehead atoms. The predicted molar refractivity (Wildman–Crippen MR) is 308 cm³/mol. The first kappa shape index (κ1) is 69.0. The molecule has 1 aliphatic rings. The van der Waals surface area contributed by atoms with Crippen LogP contribution in [0.15, 0.2) is 112 Å². The Morgan fingerprint density at radius 2 is 1.49 bits per heavy atom. The summed E-state index contributed by atoms with van der Waals surface area (Å²) in [7, 11) is 1.23. The van der Waals surface area contributed by atoms with Crippen molar-refractivity contribution in [2.24, 2.45) is 20.7 Å². The Bertz CT molecular complexity index is 3310. The van der Waals surface area contributed by atoms with E-state index in [1.807, 2.05) is 44.5 Å². The number of amides is 2. The number of amidine groups is 2. The summed E-state index contributed by atoms with van der Waals surface area (Å²) < 4.78 is 157. The summed E-state index contributed by atoms with van der Waals surface area (Å²) >= 11 is 18.7. The van der Waals surface area contributed by atoms with E-state index in [1.54, 1.807) is 17.4 Å². The predicted octanol–water partition coefficient (Wildman–Crippen LogP) is 16.8. The number of benzene rings is 3. The molecule has 0 atom stereocenters. The number of aromatic amines is 1. The van der Waals surface area contributed by atoms with E-state index < -0.39 is 63.5 Å². The van der Waals surface area contributed by atoms with Crippen LogP contribution < -0.4 is 26.2 Å². The number of rotatable bonds is 12. The van der Waals surface area contributed by atoms with Crippen LogP contribution in [-0.2, 0) is 12.7 Å². The van der Waals surface area contributed by atoms with Crippen molar-refractivity contribution in [1.82, 2.24) is 23.9 Å². The summed E-state index contributed by atoms with van der Waals surface area (Å²) in [6.07, 6.45) is -12.2. The molecule has 4 aromatic heterocycles. The number of H-pyrrole nitrogens is 1. The van der Waals surface area contributed by atoms with Crippen LogP contribution in [0.4, 0.5) is 68.9 Å². The third-order valence-corrected chi connectivity index (χ3v) is 14.6. The Labute approximate surface area is 501 Å². The average Bonchev–Trinajstić information content (AvgIpc) is 4.23. The largest absolute Gasteiger partial charge is 0.573 e. The molecule has 8 rings (SSSR count). The van der Waals surface area contributed by atoms with Gasteiger partial charge in [0.25, 0.3) is 16.7 Å². The SMILES string of the molecule is CCCCCCCCn1sccc1=O.CN=C1SC(=NC(F)(F)F)C(=NC(F)(F)F)N1c1ccc(Cl)cc1.Cc1nc(C(F)(F)F)c(C(=O)Nc2c(Br)cc(OC(F)(F)F)cc2Br)s1.NC(=O)S.c1ccc2[nH]c(-c3cscn3)nc2c1. The first-order valence-electron chi connectivity index (χ1n) is 22.9. The standard InChI is InChI=1S/C13H6Br2F6N2O2S.C12H7ClF6N4S.C11H19NOS.C10H7N3S.CH3NOS/c1-4-22-10(12(16,17)18)9(26-4)11(24)23-8-6(14)2-5(3-7(8)15)25-13(19,20)21;1-20-10-23(7-4-2-6(13)3-5-7)8(21-11(14,15)16)9(24-10)22-12(17,18)19;1-2-3-4-5-6-7-9-12-11(13)8-10-14-12;1-2-4-8-7(3-1)12-10(13-8)9-5-14-6-11-9;2-1(3)4/h2-3H,1H3,(H,23,24);2-5H,1H3;8,10H,2-7,9H2,1H3;1-6H,(H,12,13);(H3,2,3,4). The van der Waals surface area contributed by atoms with E-state index in [0.29, 0.717) is 28.1 Å². The number of hydrogen-bond acceptors (Lipinski definition) is 14. The highest BCUT2D eigenvalue weighted by molar-refractivity contribution is 9.11. The first-order chi connectivity index (χ1) is 38.3. The Balaban J connectivity index is 0.000000237. The number of carbonyl (C=O) groups excluding carboxylic acids is 2. The minimum atomic E-state index is -5.09. The van der Waals surface area contributed by atoms with E-state index in [0.717, 1.165) is 52.5 Å². The van der Waals surface area contributed by atoms with Crippen molar-refractivity contribution in [2.45, 2.75) is 84.1 Å². The molecular weight excluding hydrogens is 1370 g/mol. The minimum Gasteiger partial charge on any atom is -0.406 e. The molecule has 5 heterocycles. The summed E-state index contributed by atoms with van der Waals surface area (Å²) in [5, 5.41) is 4.67. The Morgan fingerprint density at radius 1 is 0.878 bits per heavy atom. The highest BCUT2D eigenvalue weighted by Crippen LogP contribution is 2.40. The smallest absolute Gasteiger partial charge is 0.406 e. The minimum absolute atomic E-state index is 0.0331. The number of thiazole rings is 2. The number of ether oxygens (including phenoxy) is 1. The van der Waals surface area contributed by atoms with E-state index >= 15 is 0 Å². The van der Waals surface area contributed by atoms with Crippen LogP contribution in [0.1, 0.15) is 65.8 Å². The van der Waals surface area contributed by atoms with Gasteiger partial charge in [0.1, 0.15) is 16.3 Å². The molecule has 7 aromatic rings. The second-order valence-corrected chi connectivity index (χ2v) is 22.2. The van der Waals surface area contributed by atoms with E-state index in [4.69, 9.17) is 16.4 Å². The molecule has 1 aliphatic heterocycles. The van der Waals surface area contributed by atoms with Gasteiger partial charge in [-0.25, -0.2) is 15.0 Å². The number of nitrogens with two attached hydrogens (primary N) is 1. The number of aryl methyl sites for hydroxylation is 2. The monoisotopic (exact) mass is 1400 g/mol. The Hall–Kier alpha value is -5.52. The molecule has 2 amide bonds. The van der Waals surface area contributed by atoms with Crippen LogP contribution in [0.5, 0.6) is 5.75 Å². The normalized spacial score (nSPS) is 14.1. The zero-order valence-corrected chi connectivity index (χ0v) is 50.2. The fraction of sp³-hybridized carbons (Fsp3) is 0.298. The van der Waals surface area contributed by atoms with Crippen molar-refractivity contribution < 1.29 is 67.0 Å². The van der Waals surface area contributed by atoms with Gasteiger partial charge in [0.2, 0.25) is 0 Å². The van der Waals surface area contributed by atoms with Crippen molar-refractivity contribution in [2.75, 3.05) is 17.3 Å². The highest BCUT2D eigenvalue weighted by Gasteiger charge is 2.42. The number of unbranched alkanes of at least 4 members (excludes halogenated alkanes) is 5. The van der Waals surface area contributed by atoms with Crippen molar-refractivity contribution >= 4 is 152 Å². The number of halogens is 15. The number of alkyl halides is 12. The van der Waals surface area contributed by atoms with Crippen molar-refractivity contribution in [3.05, 3.63) is 123 Å². The summed E-state index contributed by atoms with van der Waals surface area (Å²) in [6, 6.07) is 16.8. The van der Waals surface area contributed by atoms with Gasteiger partial charge in [-0.2, -0.15) is 23.2 Å². The molecule has 0 aliphatic carbocycles. The van der Waals surface area contributed by atoms with E-state index in [-0.39, 0.29) is 36.1 Å². The van der Waals surface area contributed by atoms with Gasteiger partial charge in [-0.05, 0) is 105 Å². The zero-order chi connectivity index (χ0) is 61.2. The van der Waals surface area contributed by atoms with Crippen molar-refractivity contribution in [3.63, 3.8) is 0 Å². The lowest BCUT2D eigenvalue weighted by Gasteiger charge is -2.18. The summed E-state index contributed by atoms with van der Waals surface area (Å²) in [6.45, 7) is 4.44. The van der Waals surface area contributed by atoms with Crippen LogP contribution >= 0.6 is 102 Å². The van der Waals surface area contributed by atoms with Crippen LogP contribution in [0, 0.1) is 6.92 Å². The second-order valence-electron chi connectivity index (χ2n) is 15.8. The maximum Gasteiger partial charge on any atom is 0.573 e. The third-order valence-electron chi connectivity index (χ3n) is 9.64. The lowest BCUT2D eigenvalue weighted by molar-refractivity contribution is -0.274. The number of para-hydroxylation sites is 2. The average molecular weight is 1410 g/mol. The number of hydrogen-bond donors (Lipinski definition) is 4. The molecule has 82 heavy (non-hydrogen) atoms. The molecule has 0 spiro atoms. The molecular formula is C47H42Br2ClF12N11O4S5. The van der Waals surface area contributed by atoms with Crippen LogP contribution in [0.2, 0.25) is 5.02 Å². The molecule has 35 heteroatoms. The van der Waals surface area contributed by atoms with Gasteiger partial charge in [-0.15, -0.1) is 62.2 Å². The number of aromatic nitrogens is 5. The number of carbonyl (C=O) groups is 2. The highest BCUT2D eigenvalue weighted by atomic mass is 79.9. The summed E-state index contributed by atoms with van der Waals surface area (Å²) in [5.74, 6) is -1.85. The fourth-order valence-electron chi connectivity index (χ4n) is 6.44. The van der Waals surface area contributed by atoms with Crippen molar-refractivity contribution in [1.29, 1.82) is 0 Å². The van der Waals surface area contributed by atoms with Crippen LogP contribution in [0.25, 0.3) is 22.6 Å². The fourth-order valence-corrected chi connectivity index (χ4v) is 10.9. The van der Waals surface area contributed by atoms with Crippen LogP contribution in [-0.4, -0.2) is 77.1 Å². The number of nitrogens with zero attached hydrogens (tertiary/aromatic N) is 8. The molecule has 444 valence electrons. The topological polar surface area (TPSA) is 198 Å². The van der Waals surface area contributed by atoms with Gasteiger partial charge < -0.3 is 20.8 Å². The van der Waals surface area contributed by atoms with Gasteiger partial charge in [0.15, 0.2) is 27.6 Å². The molecule has 0 unspecified atom stereocenters. The lowest BCUT2D eigenvalue weighted by Crippen LogP contribution is -2.33. The number of imidazole rings is 1. The molecule has 1 saturated heterocycles. The lowest BCUT2D eigenvalue weighted by atomic mass is 10.1. The molecule has 3 aromatic carbocycles. The quantitative estimate of drug-likeness (QED) is 0.0398. The zero-order valence-electron chi connectivity index (χ0n) is 42.1. The van der Waals surface area contributed by atoms with Gasteiger partial charge in [-0.3, -0.25) is 28.2 Å². The Kier molecular flexibility index (Phi) is 26.4. The van der Waals surface area contributed by atoms with Gasteiger partial charge in [0, 0.05) is 50.1 Å². The van der Waals surface area contributed by atoms with Gasteiger partial charge in [-0.1, -0.05) is 86.9 Å². The number of anilines is 2. The molecule has 0 saturated carbocycles. The third kappa shape index (κ3) is 23.3. The number of aliphatic imine (C=N–C) groups is 3. The first-order valence-corrected chi connectivity index (χ1v) is 28.7. The number of thioether (sulfide) groups is 1. The number of nitrogens with one attached hydrogen (secondary N) is 2. The second kappa shape index (κ2) is 31.4. The van der Waals surface area contributed by atoms with Crippen molar-refractivity contribution in [3.8, 4) is 17.3 Å². The number of thiol groups is 1. The Morgan fingerprint density at radius 3 is 2.01 bits per heavy atom. The van der Waals surface area contributed by atoms with Gasteiger partial charge in [0.05, 0.1) is 27.2 Å². The maximum absolute atomic E-state index is 13.0. The van der Waals surface area contributed by atoms with E-state index in [1.165, 1.54) is 81.9 Å². The number of fused-ring (bicyclic) bond motifs is 1. The molecule has 4 N–H and O–H groups in total. The van der Waals surface area contributed by atoms with E-state index in [2.05, 4.69) is 102 Å². The summed E-state index contributed by atoms with van der Waals surface area (Å²) in [5.41, 5.74) is 7.96. The number of primary amides is 1. The molecule has 0 radical (unpaired) electrons. The maximum atomic E-state index is 13.0. The molecule has 1 fully saturated rings. The van der Waals surface area contributed by atoms with E-state index in [9.17, 15) is 62.3 Å². The molecule has 15 nitrogen and oxygen atoms in total. The summed E-state index contributed by atoms with van der Waals surface area (Å²) in [4.78, 5) is 56.3. The van der Waals surface area contributed by atoms with Gasteiger partial charge >= 0.3 is 25.1 Å².